The summed E-state index contributed by atoms with van der Waals surface area (Å²) >= 11 is 1.36. The molecule has 3 aromatic rings. The lowest BCUT2D eigenvalue weighted by molar-refractivity contribution is 0.0787. The molecule has 1 aromatic carbocycles. The quantitative estimate of drug-likeness (QED) is 0.321. The minimum absolute atomic E-state index is 0.0410. The fourth-order valence-corrected chi connectivity index (χ4v) is 4.67. The molecule has 1 saturated heterocycles. The molecule has 0 unspecified atom stereocenters. The Balaban J connectivity index is 1.39. The molecule has 0 atom stereocenters. The molecule has 0 radical (unpaired) electrons. The first-order valence-electron chi connectivity index (χ1n) is 11.7. The SMILES string of the molecule is CC(C)CCn1c(COc2ccccc2)nnc1SCC(=O)c1c[nH]c(C(=O)N2CCCC2)c1. The number of aromatic amines is 1. The van der Waals surface area contributed by atoms with Gasteiger partial charge in [0.05, 0.1) is 5.75 Å². The Morgan fingerprint density at radius 3 is 2.65 bits per heavy atom. The van der Waals surface area contributed by atoms with Crippen LogP contribution < -0.4 is 4.74 Å². The van der Waals surface area contributed by atoms with Crippen molar-refractivity contribution in [2.24, 2.45) is 5.92 Å². The van der Waals surface area contributed by atoms with Gasteiger partial charge in [-0.1, -0.05) is 43.8 Å². The minimum Gasteiger partial charge on any atom is -0.486 e. The fourth-order valence-electron chi connectivity index (χ4n) is 3.79. The van der Waals surface area contributed by atoms with E-state index in [1.165, 1.54) is 11.8 Å². The molecule has 0 aliphatic carbocycles. The summed E-state index contributed by atoms with van der Waals surface area (Å²) in [5.41, 5.74) is 0.978. The topological polar surface area (TPSA) is 93.1 Å². The lowest BCUT2D eigenvalue weighted by Crippen LogP contribution is -2.27. The summed E-state index contributed by atoms with van der Waals surface area (Å²) in [6.07, 6.45) is 4.65. The Morgan fingerprint density at radius 1 is 1.15 bits per heavy atom. The molecule has 0 spiro atoms. The number of Topliss-reactive ketones (excluding diaryl/α,β-unsaturated/α-hetero) is 1. The number of para-hydroxylation sites is 1. The molecule has 9 heteroatoms. The fraction of sp³-hybridized carbons (Fsp3) is 0.440. The molecule has 0 bridgehead atoms. The van der Waals surface area contributed by atoms with E-state index in [1.54, 1.807) is 12.3 Å². The van der Waals surface area contributed by atoms with Gasteiger partial charge < -0.3 is 19.2 Å². The molecule has 1 amide bonds. The van der Waals surface area contributed by atoms with Crippen molar-refractivity contribution in [1.29, 1.82) is 0 Å². The summed E-state index contributed by atoms with van der Waals surface area (Å²) in [6, 6.07) is 11.3. The lowest BCUT2D eigenvalue weighted by Gasteiger charge is -2.13. The van der Waals surface area contributed by atoms with Crippen molar-refractivity contribution in [1.82, 2.24) is 24.6 Å². The summed E-state index contributed by atoms with van der Waals surface area (Å²) in [7, 11) is 0. The van der Waals surface area contributed by atoms with Gasteiger partial charge in [0.25, 0.3) is 5.91 Å². The second-order valence-electron chi connectivity index (χ2n) is 8.85. The number of benzene rings is 1. The number of hydrogen-bond donors (Lipinski definition) is 1. The second-order valence-corrected chi connectivity index (χ2v) is 9.79. The number of amides is 1. The van der Waals surface area contributed by atoms with E-state index in [4.69, 9.17) is 4.74 Å². The molecular weight excluding hydrogens is 450 g/mol. The van der Waals surface area contributed by atoms with Gasteiger partial charge in [-0.25, -0.2) is 0 Å². The van der Waals surface area contributed by atoms with Crippen LogP contribution in [-0.4, -0.2) is 55.2 Å². The van der Waals surface area contributed by atoms with E-state index in [9.17, 15) is 9.59 Å². The average Bonchev–Trinajstić information content (AvgIpc) is 3.61. The molecule has 3 heterocycles. The van der Waals surface area contributed by atoms with Crippen molar-refractivity contribution in [3.63, 3.8) is 0 Å². The van der Waals surface area contributed by atoms with Gasteiger partial charge in [0.2, 0.25) is 0 Å². The van der Waals surface area contributed by atoms with Crippen LogP contribution in [0.25, 0.3) is 0 Å². The zero-order chi connectivity index (χ0) is 23.9. The Morgan fingerprint density at radius 2 is 1.91 bits per heavy atom. The maximum atomic E-state index is 12.8. The van der Waals surface area contributed by atoms with Crippen LogP contribution in [-0.2, 0) is 13.2 Å². The van der Waals surface area contributed by atoms with Gasteiger partial charge in [0.15, 0.2) is 16.8 Å². The third-order valence-electron chi connectivity index (χ3n) is 5.80. The van der Waals surface area contributed by atoms with Crippen LogP contribution in [0, 0.1) is 5.92 Å². The number of aromatic nitrogens is 4. The predicted octanol–water partition coefficient (Wildman–Crippen LogP) is 4.44. The molecule has 1 aliphatic rings. The number of nitrogens with zero attached hydrogens (tertiary/aromatic N) is 4. The molecule has 180 valence electrons. The van der Waals surface area contributed by atoms with Crippen LogP contribution in [0.3, 0.4) is 0 Å². The highest BCUT2D eigenvalue weighted by Crippen LogP contribution is 2.22. The Bertz CT molecular complexity index is 1100. The number of H-pyrrole nitrogens is 1. The van der Waals surface area contributed by atoms with E-state index < -0.39 is 0 Å². The van der Waals surface area contributed by atoms with Gasteiger partial charge in [-0.15, -0.1) is 10.2 Å². The van der Waals surface area contributed by atoms with Gasteiger partial charge >= 0.3 is 0 Å². The van der Waals surface area contributed by atoms with Gasteiger partial charge in [-0.2, -0.15) is 0 Å². The van der Waals surface area contributed by atoms with Crippen molar-refractivity contribution in [2.75, 3.05) is 18.8 Å². The normalized spacial score (nSPS) is 13.6. The van der Waals surface area contributed by atoms with Crippen LogP contribution in [0.2, 0.25) is 0 Å². The zero-order valence-electron chi connectivity index (χ0n) is 19.7. The third-order valence-corrected chi connectivity index (χ3v) is 6.76. The number of nitrogens with one attached hydrogen (secondary N) is 1. The Labute approximate surface area is 204 Å². The minimum atomic E-state index is -0.0535. The summed E-state index contributed by atoms with van der Waals surface area (Å²) in [6.45, 7) is 6.97. The van der Waals surface area contributed by atoms with E-state index in [-0.39, 0.29) is 17.4 Å². The summed E-state index contributed by atoms with van der Waals surface area (Å²) < 4.78 is 7.92. The van der Waals surface area contributed by atoms with Crippen molar-refractivity contribution >= 4 is 23.5 Å². The van der Waals surface area contributed by atoms with Gasteiger partial charge in [-0.05, 0) is 43.4 Å². The molecule has 0 saturated carbocycles. The smallest absolute Gasteiger partial charge is 0.270 e. The van der Waals surface area contributed by atoms with Gasteiger partial charge in [0, 0.05) is 31.4 Å². The summed E-state index contributed by atoms with van der Waals surface area (Å²) in [5, 5.41) is 9.36. The van der Waals surface area contributed by atoms with E-state index in [0.29, 0.717) is 28.9 Å². The highest BCUT2D eigenvalue weighted by atomic mass is 32.2. The summed E-state index contributed by atoms with van der Waals surface area (Å²) in [5.74, 6) is 2.16. The van der Waals surface area contributed by atoms with Crippen LogP contribution in [0.4, 0.5) is 0 Å². The first-order chi connectivity index (χ1) is 16.5. The van der Waals surface area contributed by atoms with E-state index in [2.05, 4.69) is 29.0 Å². The van der Waals surface area contributed by atoms with Gasteiger partial charge in [0.1, 0.15) is 18.1 Å². The average molecular weight is 482 g/mol. The Hall–Kier alpha value is -3.07. The monoisotopic (exact) mass is 481 g/mol. The van der Waals surface area contributed by atoms with Crippen LogP contribution in [0.5, 0.6) is 5.75 Å². The number of thioether (sulfide) groups is 1. The first kappa shape index (κ1) is 24.1. The molecule has 34 heavy (non-hydrogen) atoms. The first-order valence-corrected chi connectivity index (χ1v) is 12.7. The third kappa shape index (κ3) is 6.08. The van der Waals surface area contributed by atoms with E-state index >= 15 is 0 Å². The molecule has 2 aromatic heterocycles. The second kappa shape index (κ2) is 11.4. The van der Waals surface area contributed by atoms with Crippen molar-refractivity contribution in [2.45, 2.75) is 51.4 Å². The van der Waals surface area contributed by atoms with Gasteiger partial charge in [-0.3, -0.25) is 9.59 Å². The molecule has 8 nitrogen and oxygen atoms in total. The number of rotatable bonds is 11. The number of ketones is 1. The maximum Gasteiger partial charge on any atom is 0.270 e. The standard InChI is InChI=1S/C25H31N5O3S/c1-18(2)10-13-30-23(16-33-20-8-4-3-5-9-20)27-28-25(30)34-17-22(31)19-14-21(26-15-19)24(32)29-11-6-7-12-29/h3-5,8-9,14-15,18,26H,6-7,10-13,16-17H2,1-2H3. The Kier molecular flexibility index (Phi) is 8.05. The predicted molar refractivity (Wildman–Crippen MR) is 131 cm³/mol. The highest BCUT2D eigenvalue weighted by molar-refractivity contribution is 7.99. The molecule has 1 N–H and O–H groups in total. The maximum absolute atomic E-state index is 12.8. The van der Waals surface area contributed by atoms with E-state index in [1.807, 2.05) is 39.8 Å². The van der Waals surface area contributed by atoms with Crippen LogP contribution in [0.1, 0.15) is 59.8 Å². The number of ether oxygens (including phenoxy) is 1. The number of likely N-dealkylation sites (tertiary alicyclic amines) is 1. The van der Waals surface area contributed by atoms with Crippen molar-refractivity contribution in [3.8, 4) is 5.75 Å². The van der Waals surface area contributed by atoms with Crippen molar-refractivity contribution in [3.05, 3.63) is 59.7 Å². The molecule has 1 aliphatic heterocycles. The number of carbonyl (C=O) groups excluding carboxylic acids is 2. The van der Waals surface area contributed by atoms with Crippen LogP contribution in [0.15, 0.2) is 47.8 Å². The van der Waals surface area contributed by atoms with Crippen LogP contribution >= 0.6 is 11.8 Å². The number of hydrogen-bond acceptors (Lipinski definition) is 6. The molecule has 1 fully saturated rings. The molecular formula is C25H31N5O3S. The largest absolute Gasteiger partial charge is 0.486 e. The molecule has 4 rings (SSSR count). The lowest BCUT2D eigenvalue weighted by atomic mass is 10.1. The van der Waals surface area contributed by atoms with E-state index in [0.717, 1.165) is 50.5 Å². The van der Waals surface area contributed by atoms with Crippen molar-refractivity contribution < 1.29 is 14.3 Å². The highest BCUT2D eigenvalue weighted by Gasteiger charge is 2.22. The zero-order valence-corrected chi connectivity index (χ0v) is 20.5. The number of carbonyl (C=O) groups is 2. The summed E-state index contributed by atoms with van der Waals surface area (Å²) in [4.78, 5) is 30.2.